The van der Waals surface area contributed by atoms with Crippen molar-refractivity contribution >= 4 is 28.9 Å². The molecule has 0 saturated heterocycles. The molecule has 0 spiro atoms. The fraction of sp³-hybridized carbons (Fsp3) is 0.0769. The van der Waals surface area contributed by atoms with E-state index in [1.807, 2.05) is 0 Å². The molecule has 0 aromatic heterocycles. The molecule has 0 heterocycles. The van der Waals surface area contributed by atoms with Gasteiger partial charge in [-0.3, -0.25) is 0 Å². The summed E-state index contributed by atoms with van der Waals surface area (Å²) >= 11 is 11.8. The van der Waals surface area contributed by atoms with Gasteiger partial charge in [0.15, 0.2) is 11.6 Å². The van der Waals surface area contributed by atoms with Crippen molar-refractivity contribution in [2.75, 3.05) is 5.32 Å². The molecule has 0 unspecified atom stereocenters. The Bertz CT molecular complexity index is 594. The summed E-state index contributed by atoms with van der Waals surface area (Å²) in [5.74, 6) is -2.98. The van der Waals surface area contributed by atoms with Gasteiger partial charge in [-0.15, -0.1) is 0 Å². The van der Waals surface area contributed by atoms with Gasteiger partial charge in [-0.25, -0.2) is 13.2 Å². The number of benzene rings is 2. The number of hydrogen-bond acceptors (Lipinski definition) is 1. The lowest BCUT2D eigenvalue weighted by Crippen LogP contribution is -2.05. The lowest BCUT2D eigenvalue weighted by molar-refractivity contribution is 0.547. The minimum Gasteiger partial charge on any atom is -0.376 e. The molecule has 0 aliphatic heterocycles. The summed E-state index contributed by atoms with van der Waals surface area (Å²) in [5.41, 5.74) is 0.176. The highest BCUT2D eigenvalue weighted by Gasteiger charge is 2.12. The van der Waals surface area contributed by atoms with Gasteiger partial charge in [0.2, 0.25) is 0 Å². The number of halogens is 5. The van der Waals surface area contributed by atoms with Gasteiger partial charge in [0.1, 0.15) is 11.5 Å². The first-order valence-electron chi connectivity index (χ1n) is 5.30. The minimum absolute atomic E-state index is 0.0683. The summed E-state index contributed by atoms with van der Waals surface area (Å²) in [4.78, 5) is 0. The third-order valence-electron chi connectivity index (χ3n) is 2.49. The van der Waals surface area contributed by atoms with Crippen molar-refractivity contribution in [2.45, 2.75) is 6.54 Å². The molecule has 19 heavy (non-hydrogen) atoms. The number of rotatable bonds is 3. The van der Waals surface area contributed by atoms with E-state index in [0.717, 1.165) is 0 Å². The summed E-state index contributed by atoms with van der Waals surface area (Å²) in [6.45, 7) is 0.0683. The Morgan fingerprint density at radius 3 is 2.26 bits per heavy atom. The lowest BCUT2D eigenvalue weighted by atomic mass is 10.2. The molecule has 0 radical (unpaired) electrons. The topological polar surface area (TPSA) is 12.0 Å². The highest BCUT2D eigenvalue weighted by molar-refractivity contribution is 6.42. The first-order valence-corrected chi connectivity index (χ1v) is 6.06. The quantitative estimate of drug-likeness (QED) is 0.839. The van der Waals surface area contributed by atoms with Crippen molar-refractivity contribution in [3.63, 3.8) is 0 Å². The van der Waals surface area contributed by atoms with E-state index in [4.69, 9.17) is 23.2 Å². The predicted molar refractivity (Wildman–Crippen MR) is 70.1 cm³/mol. The van der Waals surface area contributed by atoms with Gasteiger partial charge >= 0.3 is 0 Å². The normalized spacial score (nSPS) is 10.6. The average molecular weight is 306 g/mol. The largest absolute Gasteiger partial charge is 0.376 e. The monoisotopic (exact) mass is 305 g/mol. The van der Waals surface area contributed by atoms with E-state index in [-0.39, 0.29) is 6.54 Å². The molecule has 2 aromatic rings. The van der Waals surface area contributed by atoms with Gasteiger partial charge in [0.25, 0.3) is 0 Å². The smallest absolute Gasteiger partial charge is 0.152 e. The maximum Gasteiger partial charge on any atom is 0.152 e. The van der Waals surface area contributed by atoms with Gasteiger partial charge in [0, 0.05) is 18.7 Å². The van der Waals surface area contributed by atoms with Crippen LogP contribution in [0.3, 0.4) is 0 Å². The first kappa shape index (κ1) is 14.0. The molecule has 0 amide bonds. The third-order valence-corrected chi connectivity index (χ3v) is 3.35. The Hall–Kier alpha value is -1.39. The molecule has 0 saturated carbocycles. The second-order valence-corrected chi connectivity index (χ2v) is 4.60. The van der Waals surface area contributed by atoms with E-state index in [1.165, 1.54) is 0 Å². The Balaban J connectivity index is 2.22. The molecule has 2 rings (SSSR count). The van der Waals surface area contributed by atoms with E-state index in [2.05, 4.69) is 5.32 Å². The molecule has 6 heteroatoms. The summed E-state index contributed by atoms with van der Waals surface area (Å²) < 4.78 is 39.5. The third kappa shape index (κ3) is 3.14. The molecule has 1 N–H and O–H groups in total. The average Bonchev–Trinajstić information content (AvgIpc) is 2.33. The lowest BCUT2D eigenvalue weighted by Gasteiger charge is -2.10. The van der Waals surface area contributed by atoms with Crippen LogP contribution >= 0.6 is 23.2 Å². The van der Waals surface area contributed by atoms with Crippen molar-refractivity contribution in [2.24, 2.45) is 0 Å². The van der Waals surface area contributed by atoms with Crippen molar-refractivity contribution in [1.29, 1.82) is 0 Å². The summed E-state index contributed by atoms with van der Waals surface area (Å²) in [6.07, 6.45) is 0. The van der Waals surface area contributed by atoms with Crippen LogP contribution < -0.4 is 5.32 Å². The van der Waals surface area contributed by atoms with Crippen LogP contribution in [0, 0.1) is 17.5 Å². The van der Waals surface area contributed by atoms with E-state index in [9.17, 15) is 13.2 Å². The minimum atomic E-state index is -1.00. The number of nitrogens with one attached hydrogen (secondary N) is 1. The molecule has 100 valence electrons. The Labute approximate surface area is 118 Å². The number of anilines is 1. The van der Waals surface area contributed by atoms with Crippen LogP contribution in [0.1, 0.15) is 5.56 Å². The fourth-order valence-electron chi connectivity index (χ4n) is 1.58. The van der Waals surface area contributed by atoms with E-state index < -0.39 is 23.1 Å². The second-order valence-electron chi connectivity index (χ2n) is 3.81. The van der Waals surface area contributed by atoms with Crippen LogP contribution in [0.5, 0.6) is 0 Å². The van der Waals surface area contributed by atoms with Crippen molar-refractivity contribution in [3.8, 4) is 0 Å². The number of hydrogen-bond donors (Lipinski definition) is 1. The zero-order valence-electron chi connectivity index (χ0n) is 9.48. The van der Waals surface area contributed by atoms with Crippen LogP contribution in [0.2, 0.25) is 10.0 Å². The molecule has 0 atom stereocenters. The Morgan fingerprint density at radius 1 is 1.00 bits per heavy atom. The van der Waals surface area contributed by atoms with Crippen LogP contribution in [-0.4, -0.2) is 0 Å². The van der Waals surface area contributed by atoms with Gasteiger partial charge in [-0.05, 0) is 11.6 Å². The van der Waals surface area contributed by atoms with Crippen molar-refractivity contribution in [3.05, 3.63) is 63.4 Å². The zero-order valence-corrected chi connectivity index (χ0v) is 11.0. The zero-order chi connectivity index (χ0) is 14.0. The highest BCUT2D eigenvalue weighted by atomic mass is 35.5. The van der Waals surface area contributed by atoms with Gasteiger partial charge in [0.05, 0.1) is 10.0 Å². The molecule has 2 aromatic carbocycles. The van der Waals surface area contributed by atoms with Crippen LogP contribution in [-0.2, 0) is 6.54 Å². The standard InChI is InChI=1S/C13H8Cl2F3N/c14-9-3-1-2-7(12(9)15)6-19-13-10(17)4-8(16)5-11(13)18/h1-5,19H,6H2. The van der Waals surface area contributed by atoms with Crippen molar-refractivity contribution in [1.82, 2.24) is 0 Å². The maximum atomic E-state index is 13.4. The SMILES string of the molecule is Fc1cc(F)c(NCc2cccc(Cl)c2Cl)c(F)c1. The maximum absolute atomic E-state index is 13.4. The van der Waals surface area contributed by atoms with Crippen LogP contribution in [0.25, 0.3) is 0 Å². The summed E-state index contributed by atoms with van der Waals surface area (Å²) in [5, 5.41) is 3.19. The summed E-state index contributed by atoms with van der Waals surface area (Å²) in [6, 6.07) is 6.14. The molecular formula is C13H8Cl2F3N. The molecular weight excluding hydrogens is 298 g/mol. The molecule has 0 aliphatic rings. The highest BCUT2D eigenvalue weighted by Crippen LogP contribution is 2.27. The van der Waals surface area contributed by atoms with E-state index >= 15 is 0 Å². The molecule has 0 fully saturated rings. The Morgan fingerprint density at radius 2 is 1.63 bits per heavy atom. The van der Waals surface area contributed by atoms with Crippen molar-refractivity contribution < 1.29 is 13.2 Å². The van der Waals surface area contributed by atoms with E-state index in [0.29, 0.717) is 27.7 Å². The molecule has 0 bridgehead atoms. The van der Waals surface area contributed by atoms with Gasteiger partial charge < -0.3 is 5.32 Å². The molecule has 0 aliphatic carbocycles. The second kappa shape index (κ2) is 5.72. The Kier molecular flexibility index (Phi) is 4.22. The molecule has 1 nitrogen and oxygen atoms in total. The first-order chi connectivity index (χ1) is 8.99. The fourth-order valence-corrected chi connectivity index (χ4v) is 1.97. The van der Waals surface area contributed by atoms with Crippen LogP contribution in [0.4, 0.5) is 18.9 Å². The summed E-state index contributed by atoms with van der Waals surface area (Å²) in [7, 11) is 0. The van der Waals surface area contributed by atoms with E-state index in [1.54, 1.807) is 18.2 Å². The van der Waals surface area contributed by atoms with Gasteiger partial charge in [-0.2, -0.15) is 0 Å². The van der Waals surface area contributed by atoms with Crippen LogP contribution in [0.15, 0.2) is 30.3 Å². The predicted octanol–water partition coefficient (Wildman–Crippen LogP) is 5.02. The van der Waals surface area contributed by atoms with Gasteiger partial charge in [-0.1, -0.05) is 35.3 Å².